The Morgan fingerprint density at radius 1 is 1.10 bits per heavy atom. The van der Waals surface area contributed by atoms with Crippen molar-refractivity contribution >= 4 is 29.0 Å². The van der Waals surface area contributed by atoms with Crippen molar-refractivity contribution in [3.8, 4) is 11.4 Å². The van der Waals surface area contributed by atoms with E-state index in [1.165, 1.54) is 5.56 Å². The topological polar surface area (TPSA) is 73.2 Å². The molecule has 1 N–H and O–H groups in total. The average molecular weight is 420 g/mol. The summed E-state index contributed by atoms with van der Waals surface area (Å²) >= 11 is 0.904. The van der Waals surface area contributed by atoms with Crippen molar-refractivity contribution in [1.29, 1.82) is 0 Å². The number of amides is 2. The molecule has 4 rings (SSSR count). The fraction of sp³-hybridized carbons (Fsp3) is 0.174. The number of hydrogen-bond acceptors (Lipinski definition) is 5. The lowest BCUT2D eigenvalue weighted by atomic mass is 10.1. The third kappa shape index (κ3) is 4.31. The van der Waals surface area contributed by atoms with Gasteiger partial charge in [0.15, 0.2) is 0 Å². The lowest BCUT2D eigenvalue weighted by Crippen LogP contribution is -2.17. The standard InChI is InChI=1S/C23H21N3O3S/c1-3-16-4-8-18(9-5-16)26-14-24-20(15(26)2)13-29-19-10-6-17(7-11-19)12-21-22(27)25-23(28)30-21/h4-12,14H,3,13H2,1-2H3,(H,25,27,28). The van der Waals surface area contributed by atoms with Crippen molar-refractivity contribution in [2.45, 2.75) is 26.9 Å². The second-order valence-corrected chi connectivity index (χ2v) is 7.89. The Labute approximate surface area is 179 Å². The van der Waals surface area contributed by atoms with Crippen LogP contribution in [0.15, 0.2) is 59.8 Å². The molecular formula is C23H21N3O3S. The molecule has 2 heterocycles. The van der Waals surface area contributed by atoms with E-state index in [0.29, 0.717) is 17.3 Å². The summed E-state index contributed by atoms with van der Waals surface area (Å²) in [5.74, 6) is 0.346. The zero-order valence-corrected chi connectivity index (χ0v) is 17.5. The molecular weight excluding hydrogens is 398 g/mol. The number of thioether (sulfide) groups is 1. The van der Waals surface area contributed by atoms with Crippen LogP contribution in [-0.4, -0.2) is 20.7 Å². The highest BCUT2D eigenvalue weighted by Crippen LogP contribution is 2.26. The van der Waals surface area contributed by atoms with Crippen LogP contribution < -0.4 is 10.1 Å². The molecule has 2 amide bonds. The number of rotatable bonds is 6. The predicted molar refractivity (Wildman–Crippen MR) is 118 cm³/mol. The van der Waals surface area contributed by atoms with Crippen molar-refractivity contribution in [3.05, 3.63) is 82.3 Å². The minimum Gasteiger partial charge on any atom is -0.487 e. The molecule has 0 atom stereocenters. The van der Waals surface area contributed by atoms with Gasteiger partial charge in [-0.15, -0.1) is 0 Å². The fourth-order valence-corrected chi connectivity index (χ4v) is 3.81. The van der Waals surface area contributed by atoms with Gasteiger partial charge < -0.3 is 9.30 Å². The molecule has 0 bridgehead atoms. The van der Waals surface area contributed by atoms with Gasteiger partial charge >= 0.3 is 0 Å². The first-order valence-corrected chi connectivity index (χ1v) is 10.4. The molecule has 0 aliphatic carbocycles. The summed E-state index contributed by atoms with van der Waals surface area (Å²) in [5, 5.41) is 1.90. The number of nitrogens with one attached hydrogen (secondary N) is 1. The molecule has 7 heteroatoms. The number of ether oxygens (including phenoxy) is 1. The van der Waals surface area contributed by atoms with Crippen LogP contribution >= 0.6 is 11.8 Å². The number of imidazole rings is 1. The van der Waals surface area contributed by atoms with Gasteiger partial charge in [-0.25, -0.2) is 4.98 Å². The molecule has 6 nitrogen and oxygen atoms in total. The number of benzene rings is 2. The lowest BCUT2D eigenvalue weighted by molar-refractivity contribution is -0.115. The smallest absolute Gasteiger partial charge is 0.290 e. The van der Waals surface area contributed by atoms with Gasteiger partial charge in [0.1, 0.15) is 12.4 Å². The number of carbonyl (C=O) groups excluding carboxylic acids is 2. The Morgan fingerprint density at radius 2 is 1.83 bits per heavy atom. The highest BCUT2D eigenvalue weighted by atomic mass is 32.2. The van der Waals surface area contributed by atoms with Gasteiger partial charge in [-0.2, -0.15) is 0 Å². The number of nitrogens with zero attached hydrogens (tertiary/aromatic N) is 2. The summed E-state index contributed by atoms with van der Waals surface area (Å²) in [6.07, 6.45) is 4.52. The Kier molecular flexibility index (Phi) is 5.72. The van der Waals surface area contributed by atoms with Crippen LogP contribution in [0.2, 0.25) is 0 Å². The lowest BCUT2D eigenvalue weighted by Gasteiger charge is -2.08. The van der Waals surface area contributed by atoms with E-state index >= 15 is 0 Å². The molecule has 1 fully saturated rings. The highest BCUT2D eigenvalue weighted by Gasteiger charge is 2.24. The maximum Gasteiger partial charge on any atom is 0.290 e. The largest absolute Gasteiger partial charge is 0.487 e. The molecule has 1 aliphatic rings. The fourth-order valence-electron chi connectivity index (χ4n) is 3.13. The van der Waals surface area contributed by atoms with E-state index in [1.54, 1.807) is 6.08 Å². The van der Waals surface area contributed by atoms with Gasteiger partial charge in [-0.3, -0.25) is 14.9 Å². The number of hydrogen-bond donors (Lipinski definition) is 1. The third-order valence-corrected chi connectivity index (χ3v) is 5.74. The van der Waals surface area contributed by atoms with Gasteiger partial charge in [-0.1, -0.05) is 31.2 Å². The van der Waals surface area contributed by atoms with Crippen molar-refractivity contribution < 1.29 is 14.3 Å². The van der Waals surface area contributed by atoms with Crippen molar-refractivity contribution in [3.63, 3.8) is 0 Å². The predicted octanol–water partition coefficient (Wildman–Crippen LogP) is 4.65. The molecule has 0 spiro atoms. The van der Waals surface area contributed by atoms with Crippen LogP contribution in [0.4, 0.5) is 4.79 Å². The van der Waals surface area contributed by atoms with Crippen LogP contribution in [0.1, 0.15) is 29.4 Å². The second-order valence-electron chi connectivity index (χ2n) is 6.88. The summed E-state index contributed by atoms with van der Waals surface area (Å²) in [5.41, 5.74) is 5.12. The van der Waals surface area contributed by atoms with E-state index in [9.17, 15) is 9.59 Å². The van der Waals surface area contributed by atoms with Gasteiger partial charge in [-0.05, 0) is 66.6 Å². The summed E-state index contributed by atoms with van der Waals surface area (Å²) in [6, 6.07) is 15.8. The van der Waals surface area contributed by atoms with E-state index in [-0.39, 0.29) is 11.1 Å². The minimum atomic E-state index is -0.360. The number of aryl methyl sites for hydroxylation is 1. The second kappa shape index (κ2) is 8.59. The van der Waals surface area contributed by atoms with Crippen LogP contribution in [0.25, 0.3) is 11.8 Å². The monoisotopic (exact) mass is 419 g/mol. The first-order valence-electron chi connectivity index (χ1n) is 9.63. The van der Waals surface area contributed by atoms with Gasteiger partial charge in [0.2, 0.25) is 0 Å². The van der Waals surface area contributed by atoms with Crippen molar-refractivity contribution in [1.82, 2.24) is 14.9 Å². The zero-order chi connectivity index (χ0) is 21.1. The first kappa shape index (κ1) is 20.0. The highest BCUT2D eigenvalue weighted by molar-refractivity contribution is 8.18. The van der Waals surface area contributed by atoms with Crippen LogP contribution in [-0.2, 0) is 17.8 Å². The molecule has 1 saturated heterocycles. The van der Waals surface area contributed by atoms with E-state index in [0.717, 1.165) is 40.8 Å². The van der Waals surface area contributed by atoms with Crippen LogP contribution in [0.5, 0.6) is 5.75 Å². The first-order chi connectivity index (χ1) is 14.5. The van der Waals surface area contributed by atoms with E-state index in [2.05, 4.69) is 46.1 Å². The van der Waals surface area contributed by atoms with Gasteiger partial charge in [0, 0.05) is 11.4 Å². The molecule has 3 aromatic rings. The van der Waals surface area contributed by atoms with Crippen molar-refractivity contribution in [2.75, 3.05) is 0 Å². The third-order valence-electron chi connectivity index (χ3n) is 4.93. The molecule has 30 heavy (non-hydrogen) atoms. The SMILES string of the molecule is CCc1ccc(-n2cnc(COc3ccc(C=C4SC(=O)NC4=O)cc3)c2C)cc1. The summed E-state index contributed by atoms with van der Waals surface area (Å²) < 4.78 is 7.94. The summed E-state index contributed by atoms with van der Waals surface area (Å²) in [4.78, 5) is 27.8. The van der Waals surface area contributed by atoms with Crippen LogP contribution in [0.3, 0.4) is 0 Å². The zero-order valence-electron chi connectivity index (χ0n) is 16.7. The molecule has 0 unspecified atom stereocenters. The number of aromatic nitrogens is 2. The summed E-state index contributed by atoms with van der Waals surface area (Å²) in [6.45, 7) is 4.53. The molecule has 2 aromatic carbocycles. The average Bonchev–Trinajstić information content (AvgIpc) is 3.28. The molecule has 0 saturated carbocycles. The normalized spacial score (nSPS) is 14.9. The number of carbonyl (C=O) groups is 2. The van der Waals surface area contributed by atoms with Gasteiger partial charge in [0.25, 0.3) is 11.1 Å². The molecule has 1 aliphatic heterocycles. The Hall–Kier alpha value is -3.32. The maximum absolute atomic E-state index is 11.6. The van der Waals surface area contributed by atoms with E-state index in [4.69, 9.17) is 4.74 Å². The quantitative estimate of drug-likeness (QED) is 0.589. The number of imide groups is 1. The van der Waals surface area contributed by atoms with E-state index < -0.39 is 0 Å². The van der Waals surface area contributed by atoms with E-state index in [1.807, 2.05) is 37.5 Å². The molecule has 1 aromatic heterocycles. The Balaban J connectivity index is 1.41. The summed E-state index contributed by atoms with van der Waals surface area (Å²) in [7, 11) is 0. The van der Waals surface area contributed by atoms with Gasteiger partial charge in [0.05, 0.1) is 16.9 Å². The maximum atomic E-state index is 11.6. The van der Waals surface area contributed by atoms with Crippen molar-refractivity contribution in [2.24, 2.45) is 0 Å². The minimum absolute atomic E-state index is 0.345. The van der Waals surface area contributed by atoms with Crippen LogP contribution in [0, 0.1) is 6.92 Å². The molecule has 0 radical (unpaired) electrons. The molecule has 152 valence electrons. The Morgan fingerprint density at radius 3 is 2.47 bits per heavy atom. The Bertz CT molecular complexity index is 1120.